The average Bonchev–Trinajstić information content (AvgIpc) is 3.13. The molecule has 158 valence electrons. The van der Waals surface area contributed by atoms with Crippen molar-refractivity contribution in [2.75, 3.05) is 11.2 Å². The Morgan fingerprint density at radius 2 is 2.13 bits per heavy atom. The normalized spacial score (nSPS) is 18.8. The molecule has 0 radical (unpaired) electrons. The molecule has 0 saturated heterocycles. The van der Waals surface area contributed by atoms with E-state index in [-0.39, 0.29) is 17.3 Å². The highest BCUT2D eigenvalue weighted by molar-refractivity contribution is 8.00. The summed E-state index contributed by atoms with van der Waals surface area (Å²) in [6, 6.07) is 10.4. The number of thioether (sulfide) groups is 1. The van der Waals surface area contributed by atoms with Crippen molar-refractivity contribution in [1.82, 2.24) is 0 Å². The zero-order chi connectivity index (χ0) is 22.3. The van der Waals surface area contributed by atoms with E-state index in [0.717, 1.165) is 20.3 Å². The molecule has 2 aromatic rings. The van der Waals surface area contributed by atoms with E-state index in [1.165, 1.54) is 12.1 Å². The Morgan fingerprint density at radius 1 is 1.35 bits per heavy atom. The van der Waals surface area contributed by atoms with Gasteiger partial charge in [-0.2, -0.15) is 5.26 Å². The summed E-state index contributed by atoms with van der Waals surface area (Å²) in [7, 11) is 0. The van der Waals surface area contributed by atoms with Crippen molar-refractivity contribution in [3.05, 3.63) is 73.6 Å². The number of Topliss-reactive ketones (excluding diaryl/α,β-unsaturated/α-hetero) is 1. The smallest absolute Gasteiger partial charge is 0.271 e. The van der Waals surface area contributed by atoms with Gasteiger partial charge in [0.1, 0.15) is 5.82 Å². The second-order valence-electron chi connectivity index (χ2n) is 7.40. The number of nitrogens with two attached hydrogens (primary N) is 1. The van der Waals surface area contributed by atoms with Crippen LogP contribution in [0.1, 0.15) is 35.6 Å². The molecule has 2 aliphatic rings. The van der Waals surface area contributed by atoms with Crippen LogP contribution in [0.2, 0.25) is 0 Å². The largest absolute Gasteiger partial charge is 0.384 e. The lowest BCUT2D eigenvalue weighted by molar-refractivity contribution is -0.384. The molecule has 0 bridgehead atoms. The van der Waals surface area contributed by atoms with Crippen molar-refractivity contribution in [2.24, 2.45) is 5.73 Å². The summed E-state index contributed by atoms with van der Waals surface area (Å²) >= 11 is 3.22. The van der Waals surface area contributed by atoms with Gasteiger partial charge in [0.05, 0.1) is 32.4 Å². The van der Waals surface area contributed by atoms with Gasteiger partial charge in [0.2, 0.25) is 0 Å². The summed E-state index contributed by atoms with van der Waals surface area (Å²) in [5.74, 6) is -0.301. The first-order valence-corrected chi connectivity index (χ1v) is 11.8. The van der Waals surface area contributed by atoms with Crippen LogP contribution in [0.15, 0.2) is 57.2 Å². The third kappa shape index (κ3) is 3.52. The number of non-ortho nitro benzene ring substituents is 1. The van der Waals surface area contributed by atoms with Crippen LogP contribution in [0.5, 0.6) is 0 Å². The van der Waals surface area contributed by atoms with Gasteiger partial charge in [-0.15, -0.1) is 23.1 Å². The molecule has 0 fully saturated rings. The molecule has 2 N–H and O–H groups in total. The molecule has 1 aromatic carbocycles. The SMILES string of the molecule is CSc1sc(C)cc1[C@@H]1C(C#N)=C(N)N(c2cccc([N+](=O)[O-])c2)C2=C1C(=O)CCC2. The maximum absolute atomic E-state index is 13.2. The van der Waals surface area contributed by atoms with Gasteiger partial charge < -0.3 is 5.73 Å². The van der Waals surface area contributed by atoms with Gasteiger partial charge in [-0.1, -0.05) is 6.07 Å². The summed E-state index contributed by atoms with van der Waals surface area (Å²) in [4.78, 5) is 26.8. The molecule has 0 amide bonds. The topological polar surface area (TPSA) is 113 Å². The number of nitriles is 1. The van der Waals surface area contributed by atoms with E-state index < -0.39 is 10.8 Å². The fourth-order valence-corrected chi connectivity index (χ4v) is 6.22. The Bertz CT molecular complexity index is 1210. The number of thiophene rings is 1. The molecular weight excluding hydrogens is 432 g/mol. The van der Waals surface area contributed by atoms with Crippen molar-refractivity contribution in [3.63, 3.8) is 0 Å². The van der Waals surface area contributed by atoms with Crippen LogP contribution in [-0.2, 0) is 4.79 Å². The number of hydrogen-bond donors (Lipinski definition) is 1. The number of hydrogen-bond acceptors (Lipinski definition) is 8. The number of benzene rings is 1. The first-order chi connectivity index (χ1) is 14.9. The minimum Gasteiger partial charge on any atom is -0.384 e. The van der Waals surface area contributed by atoms with Crippen molar-refractivity contribution in [3.8, 4) is 6.07 Å². The Labute approximate surface area is 188 Å². The van der Waals surface area contributed by atoms with Gasteiger partial charge in [0.15, 0.2) is 5.78 Å². The van der Waals surface area contributed by atoms with E-state index >= 15 is 0 Å². The zero-order valence-corrected chi connectivity index (χ0v) is 18.7. The van der Waals surface area contributed by atoms with Gasteiger partial charge in [0, 0.05) is 34.7 Å². The summed E-state index contributed by atoms with van der Waals surface area (Å²) < 4.78 is 1.05. The number of nitrogens with zero attached hydrogens (tertiary/aromatic N) is 3. The van der Waals surface area contributed by atoms with Crippen molar-refractivity contribution >= 4 is 40.3 Å². The third-order valence-corrected chi connectivity index (χ3v) is 7.77. The van der Waals surface area contributed by atoms with Gasteiger partial charge in [-0.25, -0.2) is 0 Å². The minimum atomic E-state index is -0.518. The molecule has 0 saturated carbocycles. The molecule has 9 heteroatoms. The molecule has 0 unspecified atom stereocenters. The van der Waals surface area contributed by atoms with E-state index in [2.05, 4.69) is 6.07 Å². The van der Waals surface area contributed by atoms with Gasteiger partial charge >= 0.3 is 0 Å². The molecule has 4 rings (SSSR count). The number of rotatable bonds is 4. The molecule has 0 spiro atoms. The third-order valence-electron chi connectivity index (χ3n) is 5.56. The number of carbonyl (C=O) groups excluding carboxylic acids is 1. The highest BCUT2D eigenvalue weighted by atomic mass is 32.2. The van der Waals surface area contributed by atoms with Crippen LogP contribution < -0.4 is 10.6 Å². The maximum atomic E-state index is 13.2. The molecule has 1 atom stereocenters. The number of allylic oxidation sites excluding steroid dienone is 3. The quantitative estimate of drug-likeness (QED) is 0.395. The van der Waals surface area contributed by atoms with Gasteiger partial charge in [-0.3, -0.25) is 19.8 Å². The Balaban J connectivity index is 1.98. The van der Waals surface area contributed by atoms with Crippen LogP contribution in [0.3, 0.4) is 0 Å². The number of aryl methyl sites for hydroxylation is 1. The molecule has 31 heavy (non-hydrogen) atoms. The second-order valence-corrected chi connectivity index (χ2v) is 9.73. The number of nitro benzene ring substituents is 1. The Morgan fingerprint density at radius 3 is 2.81 bits per heavy atom. The van der Waals surface area contributed by atoms with E-state index in [1.807, 2.05) is 19.2 Å². The number of nitro groups is 1. The minimum absolute atomic E-state index is 0.00200. The first kappa shape index (κ1) is 21.2. The van der Waals surface area contributed by atoms with Gasteiger partial charge in [0.25, 0.3) is 5.69 Å². The molecular formula is C22H20N4O3S2. The monoisotopic (exact) mass is 452 g/mol. The van der Waals surface area contributed by atoms with E-state index in [9.17, 15) is 20.2 Å². The van der Waals surface area contributed by atoms with Crippen LogP contribution in [0.25, 0.3) is 0 Å². The molecule has 1 aliphatic carbocycles. The summed E-state index contributed by atoms with van der Waals surface area (Å²) in [5, 5.41) is 21.4. The standard InChI is InChI=1S/C22H20N4O3S2/c1-12-9-15(22(30-2)31-12)19-16(11-23)21(24)25(17-7-4-8-18(27)20(17)19)13-5-3-6-14(10-13)26(28)29/h3,5-6,9-10,19H,4,7-8,24H2,1-2H3/t19-/m1/s1. The molecule has 7 nitrogen and oxygen atoms in total. The van der Waals surface area contributed by atoms with Gasteiger partial charge in [-0.05, 0) is 43.7 Å². The Kier molecular flexibility index (Phi) is 5.60. The van der Waals surface area contributed by atoms with E-state index in [4.69, 9.17) is 5.73 Å². The summed E-state index contributed by atoms with van der Waals surface area (Å²) in [5.41, 5.74) is 9.47. The van der Waals surface area contributed by atoms with E-state index in [0.29, 0.717) is 36.1 Å². The van der Waals surface area contributed by atoms with Crippen LogP contribution >= 0.6 is 23.1 Å². The molecule has 1 aliphatic heterocycles. The first-order valence-electron chi connectivity index (χ1n) is 9.72. The van der Waals surface area contributed by atoms with Crippen molar-refractivity contribution in [2.45, 2.75) is 36.3 Å². The summed E-state index contributed by atoms with van der Waals surface area (Å²) in [6.45, 7) is 2.00. The number of carbonyl (C=O) groups is 1. The predicted octanol–water partition coefficient (Wildman–Crippen LogP) is 4.99. The second kappa shape index (κ2) is 8.21. The maximum Gasteiger partial charge on any atom is 0.271 e. The number of anilines is 1. The lowest BCUT2D eigenvalue weighted by Crippen LogP contribution is -2.38. The van der Waals surface area contributed by atoms with Crippen LogP contribution in [-0.4, -0.2) is 17.0 Å². The van der Waals surface area contributed by atoms with E-state index in [1.54, 1.807) is 40.1 Å². The van der Waals surface area contributed by atoms with Crippen molar-refractivity contribution in [1.29, 1.82) is 5.26 Å². The zero-order valence-electron chi connectivity index (χ0n) is 17.0. The fourth-order valence-electron chi connectivity index (χ4n) is 4.31. The fraction of sp³-hybridized carbons (Fsp3) is 0.273. The summed E-state index contributed by atoms with van der Waals surface area (Å²) in [6.07, 6.45) is 3.67. The van der Waals surface area contributed by atoms with Crippen LogP contribution in [0.4, 0.5) is 11.4 Å². The molecule has 2 heterocycles. The number of ketones is 1. The van der Waals surface area contributed by atoms with Crippen LogP contribution in [0, 0.1) is 28.4 Å². The van der Waals surface area contributed by atoms with Crippen molar-refractivity contribution < 1.29 is 9.72 Å². The average molecular weight is 453 g/mol. The lowest BCUT2D eigenvalue weighted by atomic mass is 9.76. The highest BCUT2D eigenvalue weighted by Gasteiger charge is 2.41. The lowest BCUT2D eigenvalue weighted by Gasteiger charge is -2.39. The predicted molar refractivity (Wildman–Crippen MR) is 122 cm³/mol. The Hall–Kier alpha value is -3.09. The highest BCUT2D eigenvalue weighted by Crippen LogP contribution is 2.49. The molecule has 1 aromatic heterocycles.